The van der Waals surface area contributed by atoms with Crippen LogP contribution in [0, 0.1) is 17.3 Å². The van der Waals surface area contributed by atoms with Crippen molar-refractivity contribution in [3.63, 3.8) is 0 Å². The summed E-state index contributed by atoms with van der Waals surface area (Å²) in [5, 5.41) is 9.78. The Bertz CT molecular complexity index is 759. The summed E-state index contributed by atoms with van der Waals surface area (Å²) in [6.07, 6.45) is 1.70. The van der Waals surface area contributed by atoms with Crippen LogP contribution in [0.25, 0.3) is 0 Å². The van der Waals surface area contributed by atoms with E-state index in [0.29, 0.717) is 57.7 Å². The Labute approximate surface area is 164 Å². The van der Waals surface area contributed by atoms with Crippen molar-refractivity contribution in [2.45, 2.75) is 19.3 Å². The van der Waals surface area contributed by atoms with Crippen molar-refractivity contribution >= 4 is 17.8 Å². The van der Waals surface area contributed by atoms with Gasteiger partial charge in [0.05, 0.1) is 12.0 Å². The minimum atomic E-state index is -0.863. The lowest BCUT2D eigenvalue weighted by Crippen LogP contribution is -2.46. The molecule has 7 heteroatoms. The Hall–Kier alpha value is -2.41. The summed E-state index contributed by atoms with van der Waals surface area (Å²) in [5.41, 5.74) is -0.197. The molecule has 0 aromatic heterocycles. The molecule has 7 nitrogen and oxygen atoms in total. The largest absolute Gasteiger partial charge is 0.481 e. The van der Waals surface area contributed by atoms with Crippen molar-refractivity contribution in [3.05, 3.63) is 35.9 Å². The minimum Gasteiger partial charge on any atom is -0.481 e. The van der Waals surface area contributed by atoms with Gasteiger partial charge in [-0.05, 0) is 31.4 Å². The molecule has 2 amide bonds. The molecule has 4 rings (SSSR count). The number of carbonyl (C=O) groups is 3. The second-order valence-corrected chi connectivity index (χ2v) is 8.13. The predicted octanol–water partition coefficient (Wildman–Crippen LogP) is 1.49. The van der Waals surface area contributed by atoms with Gasteiger partial charge < -0.3 is 19.6 Å². The minimum absolute atomic E-state index is 0.000620. The summed E-state index contributed by atoms with van der Waals surface area (Å²) >= 11 is 0. The molecule has 0 saturated carbocycles. The second kappa shape index (κ2) is 7.54. The molecule has 3 aliphatic rings. The van der Waals surface area contributed by atoms with E-state index in [1.165, 1.54) is 0 Å². The van der Waals surface area contributed by atoms with E-state index in [4.69, 9.17) is 4.74 Å². The van der Waals surface area contributed by atoms with Gasteiger partial charge in [0, 0.05) is 50.2 Å². The molecule has 0 radical (unpaired) electrons. The van der Waals surface area contributed by atoms with Gasteiger partial charge >= 0.3 is 5.97 Å². The zero-order valence-electron chi connectivity index (χ0n) is 15.9. The fraction of sp³-hybridized carbons (Fsp3) is 0.571. The number of piperidine rings is 1. The van der Waals surface area contributed by atoms with Crippen LogP contribution in [0.4, 0.5) is 0 Å². The van der Waals surface area contributed by atoms with Crippen LogP contribution >= 0.6 is 0 Å². The maximum absolute atomic E-state index is 13.0. The molecular formula is C21H26N2O5. The molecule has 0 bridgehead atoms. The van der Waals surface area contributed by atoms with Crippen LogP contribution in [0.5, 0.6) is 0 Å². The number of ether oxygens (including phenoxy) is 1. The van der Waals surface area contributed by atoms with Gasteiger partial charge in [-0.1, -0.05) is 18.2 Å². The monoisotopic (exact) mass is 386 g/mol. The average molecular weight is 386 g/mol. The highest BCUT2D eigenvalue weighted by Crippen LogP contribution is 2.43. The molecule has 0 unspecified atom stereocenters. The number of aliphatic carboxylic acids is 1. The first-order valence-corrected chi connectivity index (χ1v) is 9.95. The highest BCUT2D eigenvalue weighted by molar-refractivity contribution is 5.94. The van der Waals surface area contributed by atoms with E-state index >= 15 is 0 Å². The third-order valence-electron chi connectivity index (χ3n) is 6.60. The number of benzene rings is 1. The number of carbonyl (C=O) groups excluding carboxylic acids is 2. The summed E-state index contributed by atoms with van der Waals surface area (Å²) < 4.78 is 5.47. The Morgan fingerprint density at radius 1 is 1.07 bits per heavy atom. The maximum atomic E-state index is 13.0. The number of hydrogen-bond donors (Lipinski definition) is 1. The summed E-state index contributed by atoms with van der Waals surface area (Å²) in [4.78, 5) is 41.1. The zero-order chi connectivity index (χ0) is 19.7. The van der Waals surface area contributed by atoms with Crippen LogP contribution in [-0.4, -0.2) is 72.1 Å². The van der Waals surface area contributed by atoms with Gasteiger partial charge in [0.25, 0.3) is 5.91 Å². The van der Waals surface area contributed by atoms with Crippen molar-refractivity contribution < 1.29 is 24.2 Å². The molecule has 3 fully saturated rings. The molecule has 1 aromatic rings. The maximum Gasteiger partial charge on any atom is 0.311 e. The first-order valence-electron chi connectivity index (χ1n) is 9.95. The van der Waals surface area contributed by atoms with Crippen LogP contribution in [0.15, 0.2) is 30.3 Å². The van der Waals surface area contributed by atoms with Crippen molar-refractivity contribution in [1.29, 1.82) is 0 Å². The molecular weight excluding hydrogens is 360 g/mol. The van der Waals surface area contributed by atoms with Gasteiger partial charge in [-0.15, -0.1) is 0 Å². The number of hydrogen-bond acceptors (Lipinski definition) is 4. The highest BCUT2D eigenvalue weighted by Gasteiger charge is 2.55. The number of amides is 2. The van der Waals surface area contributed by atoms with Gasteiger partial charge in [-0.25, -0.2) is 0 Å². The molecule has 3 heterocycles. The summed E-state index contributed by atoms with van der Waals surface area (Å²) in [6, 6.07) is 9.18. The standard InChI is InChI=1S/C21H26N2O5/c24-18(15-4-2-1-3-5-15)22-9-6-16(7-10-22)19(25)23-12-17-13-28-11-8-21(17,14-23)20(26)27/h1-5,16-17H,6-14H2,(H,26,27)/t17-,21+/m0/s1. The quantitative estimate of drug-likeness (QED) is 0.850. The van der Waals surface area contributed by atoms with Gasteiger partial charge in [0.15, 0.2) is 0 Å². The number of fused-ring (bicyclic) bond motifs is 1. The van der Waals surface area contributed by atoms with Gasteiger partial charge in [0.1, 0.15) is 0 Å². The van der Waals surface area contributed by atoms with E-state index in [1.54, 1.807) is 21.9 Å². The molecule has 3 saturated heterocycles. The van der Waals surface area contributed by atoms with Crippen LogP contribution < -0.4 is 0 Å². The Morgan fingerprint density at radius 3 is 2.43 bits per heavy atom. The fourth-order valence-electron chi connectivity index (χ4n) is 4.82. The van der Waals surface area contributed by atoms with Gasteiger partial charge in [-0.3, -0.25) is 14.4 Å². The first kappa shape index (κ1) is 18.9. The predicted molar refractivity (Wildman–Crippen MR) is 101 cm³/mol. The average Bonchev–Trinajstić information content (AvgIpc) is 3.15. The van der Waals surface area contributed by atoms with Gasteiger partial charge in [-0.2, -0.15) is 0 Å². The van der Waals surface area contributed by atoms with E-state index < -0.39 is 11.4 Å². The smallest absolute Gasteiger partial charge is 0.311 e. The Balaban J connectivity index is 1.37. The van der Waals surface area contributed by atoms with E-state index in [9.17, 15) is 19.5 Å². The number of rotatable bonds is 3. The molecule has 28 heavy (non-hydrogen) atoms. The van der Waals surface area contributed by atoms with Crippen molar-refractivity contribution in [3.8, 4) is 0 Å². The summed E-state index contributed by atoms with van der Waals surface area (Å²) in [6.45, 7) is 2.67. The zero-order valence-corrected chi connectivity index (χ0v) is 15.9. The topological polar surface area (TPSA) is 87.2 Å². The van der Waals surface area contributed by atoms with Crippen molar-refractivity contribution in [2.24, 2.45) is 17.3 Å². The SMILES string of the molecule is O=C(c1ccccc1)N1CCC(C(=O)N2C[C@H]3COCC[C@@]3(C(=O)O)C2)CC1. The number of carboxylic acids is 1. The van der Waals surface area contributed by atoms with Crippen LogP contribution in [0.3, 0.4) is 0 Å². The summed E-state index contributed by atoms with van der Waals surface area (Å²) in [7, 11) is 0. The first-order chi connectivity index (χ1) is 13.5. The number of carboxylic acid groups (broad SMARTS) is 1. The van der Waals surface area contributed by atoms with Crippen molar-refractivity contribution in [1.82, 2.24) is 9.80 Å². The number of likely N-dealkylation sites (tertiary alicyclic amines) is 2. The van der Waals surface area contributed by atoms with Crippen LogP contribution in [-0.2, 0) is 14.3 Å². The second-order valence-electron chi connectivity index (χ2n) is 8.13. The molecule has 3 aliphatic heterocycles. The van der Waals surface area contributed by atoms with E-state index in [1.807, 2.05) is 18.2 Å². The van der Waals surface area contributed by atoms with Crippen LogP contribution in [0.1, 0.15) is 29.6 Å². The third-order valence-corrected chi connectivity index (χ3v) is 6.60. The lowest BCUT2D eigenvalue weighted by molar-refractivity contribution is -0.157. The highest BCUT2D eigenvalue weighted by atomic mass is 16.5. The van der Waals surface area contributed by atoms with E-state index in [-0.39, 0.29) is 30.2 Å². The fourth-order valence-corrected chi connectivity index (χ4v) is 4.82. The normalized spacial score (nSPS) is 28.1. The number of nitrogens with zero attached hydrogens (tertiary/aromatic N) is 2. The van der Waals surface area contributed by atoms with Crippen molar-refractivity contribution in [2.75, 3.05) is 39.4 Å². The molecule has 0 spiro atoms. The van der Waals surface area contributed by atoms with E-state index in [2.05, 4.69) is 0 Å². The van der Waals surface area contributed by atoms with Gasteiger partial charge in [0.2, 0.25) is 5.91 Å². The van der Waals surface area contributed by atoms with Crippen LogP contribution in [0.2, 0.25) is 0 Å². The molecule has 0 aliphatic carbocycles. The molecule has 150 valence electrons. The Kier molecular flexibility index (Phi) is 5.10. The van der Waals surface area contributed by atoms with E-state index in [0.717, 1.165) is 0 Å². The lowest BCUT2D eigenvalue weighted by atomic mass is 9.74. The third kappa shape index (κ3) is 3.28. The summed E-state index contributed by atoms with van der Waals surface area (Å²) in [5.74, 6) is -1.07. The lowest BCUT2D eigenvalue weighted by Gasteiger charge is -2.34. The molecule has 2 atom stereocenters. The Morgan fingerprint density at radius 2 is 1.79 bits per heavy atom. The molecule has 1 N–H and O–H groups in total. The molecule has 1 aromatic carbocycles.